The Hall–Kier alpha value is -2.54. The Morgan fingerprint density at radius 3 is 2.55 bits per heavy atom. The number of aromatic hydroxyl groups is 1. The van der Waals surface area contributed by atoms with Gasteiger partial charge in [-0.1, -0.05) is 23.2 Å². The topological polar surface area (TPSA) is 67.7 Å². The molecule has 3 heterocycles. The van der Waals surface area contributed by atoms with Gasteiger partial charge in [0, 0.05) is 35.1 Å². The van der Waals surface area contributed by atoms with Crippen LogP contribution in [-0.4, -0.2) is 41.4 Å². The number of phenols is 1. The second-order valence-electron chi connectivity index (χ2n) is 6.95. The Morgan fingerprint density at radius 2 is 1.72 bits per heavy atom. The van der Waals surface area contributed by atoms with E-state index in [0.29, 0.717) is 60.0 Å². The molecule has 0 spiro atoms. The molecule has 0 bridgehead atoms. The maximum Gasteiger partial charge on any atom is 0.228 e. The standard InChI is InChI=1S/C21H17Cl2N3O3/c22-13-2-4-18-12(9-13)10-16-20(26-5-7-28-8-6-26)24-19(25-21(16)29-18)15-11-14(23)1-3-17(15)27/h1-4,9,11,27H,5-8,10H2. The molecular weight excluding hydrogens is 413 g/mol. The third-order valence-corrected chi connectivity index (χ3v) is 5.52. The minimum atomic E-state index is 0.0604. The van der Waals surface area contributed by atoms with Crippen molar-refractivity contribution in [1.82, 2.24) is 9.97 Å². The van der Waals surface area contributed by atoms with E-state index in [1.54, 1.807) is 18.2 Å². The van der Waals surface area contributed by atoms with E-state index in [4.69, 9.17) is 37.7 Å². The molecule has 2 aliphatic rings. The van der Waals surface area contributed by atoms with Crippen LogP contribution >= 0.6 is 23.2 Å². The second-order valence-corrected chi connectivity index (χ2v) is 7.82. The summed E-state index contributed by atoms with van der Waals surface area (Å²) in [5, 5.41) is 11.5. The van der Waals surface area contributed by atoms with E-state index < -0.39 is 0 Å². The minimum absolute atomic E-state index is 0.0604. The molecule has 0 unspecified atom stereocenters. The van der Waals surface area contributed by atoms with Crippen LogP contribution in [0.2, 0.25) is 10.0 Å². The Bertz CT molecular complexity index is 1100. The average Bonchev–Trinajstić information content (AvgIpc) is 2.74. The molecule has 0 saturated carbocycles. The Labute approximate surface area is 177 Å². The first-order valence-electron chi connectivity index (χ1n) is 9.27. The van der Waals surface area contributed by atoms with E-state index >= 15 is 0 Å². The minimum Gasteiger partial charge on any atom is -0.507 e. The molecule has 2 aliphatic heterocycles. The SMILES string of the molecule is Oc1ccc(Cl)cc1-c1nc2c(c(N3CCOCC3)n1)Cc1cc(Cl)ccc1O2. The number of nitrogens with zero attached hydrogens (tertiary/aromatic N) is 3. The molecule has 1 saturated heterocycles. The van der Waals surface area contributed by atoms with Gasteiger partial charge < -0.3 is 19.5 Å². The first-order chi connectivity index (χ1) is 14.1. The summed E-state index contributed by atoms with van der Waals surface area (Å²) in [4.78, 5) is 11.6. The molecule has 5 rings (SSSR count). The summed E-state index contributed by atoms with van der Waals surface area (Å²) in [6.45, 7) is 2.68. The fraction of sp³-hybridized carbons (Fsp3) is 0.238. The van der Waals surface area contributed by atoms with Crippen molar-refractivity contribution in [2.24, 2.45) is 0 Å². The summed E-state index contributed by atoms with van der Waals surface area (Å²) in [6.07, 6.45) is 0.611. The molecule has 3 aromatic rings. The normalized spacial score (nSPS) is 15.4. The van der Waals surface area contributed by atoms with Gasteiger partial charge in [0.15, 0.2) is 5.82 Å². The van der Waals surface area contributed by atoms with Gasteiger partial charge in [-0.15, -0.1) is 0 Å². The average molecular weight is 430 g/mol. The number of aromatic nitrogens is 2. The van der Waals surface area contributed by atoms with Crippen molar-refractivity contribution < 1.29 is 14.6 Å². The molecule has 8 heteroatoms. The van der Waals surface area contributed by atoms with Crippen LogP contribution in [0.25, 0.3) is 11.4 Å². The van der Waals surface area contributed by atoms with Gasteiger partial charge >= 0.3 is 0 Å². The number of halogens is 2. The lowest BCUT2D eigenvalue weighted by Gasteiger charge is -2.31. The number of hydrogen-bond donors (Lipinski definition) is 1. The summed E-state index contributed by atoms with van der Waals surface area (Å²) in [6, 6.07) is 10.3. The zero-order valence-corrected chi connectivity index (χ0v) is 16.9. The summed E-state index contributed by atoms with van der Waals surface area (Å²) in [5.41, 5.74) is 2.34. The zero-order valence-electron chi connectivity index (χ0n) is 15.4. The van der Waals surface area contributed by atoms with Crippen LogP contribution in [0.15, 0.2) is 36.4 Å². The van der Waals surface area contributed by atoms with Crippen LogP contribution in [-0.2, 0) is 11.2 Å². The van der Waals surface area contributed by atoms with Gasteiger partial charge in [-0.05, 0) is 36.4 Å². The molecule has 1 aromatic heterocycles. The number of rotatable bonds is 2. The van der Waals surface area contributed by atoms with Gasteiger partial charge in [0.05, 0.1) is 24.3 Å². The maximum absolute atomic E-state index is 10.4. The molecule has 6 nitrogen and oxygen atoms in total. The molecule has 0 aliphatic carbocycles. The number of anilines is 1. The molecule has 0 radical (unpaired) electrons. The van der Waals surface area contributed by atoms with E-state index in [2.05, 4.69) is 9.88 Å². The highest BCUT2D eigenvalue weighted by Gasteiger charge is 2.28. The highest BCUT2D eigenvalue weighted by Crippen LogP contribution is 2.42. The van der Waals surface area contributed by atoms with E-state index in [0.717, 1.165) is 22.7 Å². The Balaban J connectivity index is 1.67. The lowest BCUT2D eigenvalue weighted by molar-refractivity contribution is 0.122. The molecule has 2 aromatic carbocycles. The number of morpholine rings is 1. The van der Waals surface area contributed by atoms with Crippen LogP contribution in [0.5, 0.6) is 17.4 Å². The number of phenolic OH excluding ortho intramolecular Hbond substituents is 1. The summed E-state index contributed by atoms with van der Waals surface area (Å²) in [5.74, 6) is 2.40. The largest absolute Gasteiger partial charge is 0.507 e. The van der Waals surface area contributed by atoms with Gasteiger partial charge in [0.1, 0.15) is 17.3 Å². The van der Waals surface area contributed by atoms with Gasteiger partial charge in [0.25, 0.3) is 0 Å². The quantitative estimate of drug-likeness (QED) is 0.498. The molecule has 0 amide bonds. The molecule has 1 fully saturated rings. The summed E-state index contributed by atoms with van der Waals surface area (Å²) >= 11 is 12.3. The van der Waals surface area contributed by atoms with Gasteiger partial charge in [-0.2, -0.15) is 4.98 Å². The van der Waals surface area contributed by atoms with E-state index in [-0.39, 0.29) is 5.75 Å². The van der Waals surface area contributed by atoms with Crippen LogP contribution in [0, 0.1) is 0 Å². The van der Waals surface area contributed by atoms with Gasteiger partial charge in [-0.25, -0.2) is 4.98 Å². The van der Waals surface area contributed by atoms with Crippen molar-refractivity contribution in [1.29, 1.82) is 0 Å². The number of hydrogen-bond acceptors (Lipinski definition) is 6. The second kappa shape index (κ2) is 7.37. The lowest BCUT2D eigenvalue weighted by atomic mass is 10.0. The van der Waals surface area contributed by atoms with Gasteiger partial charge in [-0.3, -0.25) is 0 Å². The molecule has 1 N–H and O–H groups in total. The van der Waals surface area contributed by atoms with Crippen LogP contribution in [0.1, 0.15) is 11.1 Å². The fourth-order valence-corrected chi connectivity index (χ4v) is 3.98. The highest BCUT2D eigenvalue weighted by molar-refractivity contribution is 6.31. The van der Waals surface area contributed by atoms with Gasteiger partial charge in [0.2, 0.25) is 5.88 Å². The summed E-state index contributed by atoms with van der Waals surface area (Å²) in [7, 11) is 0. The zero-order chi connectivity index (χ0) is 20.0. The predicted octanol–water partition coefficient (Wildman–Crippen LogP) is 4.69. The number of benzene rings is 2. The van der Waals surface area contributed by atoms with Crippen LogP contribution < -0.4 is 9.64 Å². The molecule has 29 heavy (non-hydrogen) atoms. The third-order valence-electron chi connectivity index (χ3n) is 5.05. The van der Waals surface area contributed by atoms with Crippen molar-refractivity contribution >= 4 is 29.0 Å². The number of ether oxygens (including phenoxy) is 2. The molecular formula is C21H17Cl2N3O3. The van der Waals surface area contributed by atoms with Crippen molar-refractivity contribution in [3.8, 4) is 28.8 Å². The Kier molecular flexibility index (Phi) is 4.70. The molecule has 148 valence electrons. The highest BCUT2D eigenvalue weighted by atomic mass is 35.5. The van der Waals surface area contributed by atoms with Crippen molar-refractivity contribution in [2.45, 2.75) is 6.42 Å². The van der Waals surface area contributed by atoms with E-state index in [9.17, 15) is 5.11 Å². The Morgan fingerprint density at radius 1 is 0.966 bits per heavy atom. The van der Waals surface area contributed by atoms with Crippen molar-refractivity contribution in [2.75, 3.05) is 31.2 Å². The maximum atomic E-state index is 10.4. The first kappa shape index (κ1) is 18.5. The van der Waals surface area contributed by atoms with Crippen molar-refractivity contribution in [3.63, 3.8) is 0 Å². The van der Waals surface area contributed by atoms with E-state index in [1.165, 1.54) is 6.07 Å². The lowest BCUT2D eigenvalue weighted by Crippen LogP contribution is -2.37. The van der Waals surface area contributed by atoms with Crippen LogP contribution in [0.3, 0.4) is 0 Å². The number of fused-ring (bicyclic) bond motifs is 2. The first-order valence-corrected chi connectivity index (χ1v) is 10.0. The smallest absolute Gasteiger partial charge is 0.228 e. The summed E-state index contributed by atoms with van der Waals surface area (Å²) < 4.78 is 11.6. The predicted molar refractivity (Wildman–Crippen MR) is 112 cm³/mol. The monoisotopic (exact) mass is 429 g/mol. The van der Waals surface area contributed by atoms with Crippen LogP contribution in [0.4, 0.5) is 5.82 Å². The molecule has 0 atom stereocenters. The third kappa shape index (κ3) is 3.48. The van der Waals surface area contributed by atoms with Crippen molar-refractivity contribution in [3.05, 3.63) is 57.6 Å². The fourth-order valence-electron chi connectivity index (χ4n) is 3.62. The van der Waals surface area contributed by atoms with E-state index in [1.807, 2.05) is 12.1 Å².